The number of ether oxygens (including phenoxy) is 1. The van der Waals surface area contributed by atoms with Crippen LogP contribution in [0.3, 0.4) is 0 Å². The second-order valence-electron chi connectivity index (χ2n) is 5.45. The molecule has 3 nitrogen and oxygen atoms in total. The zero-order valence-corrected chi connectivity index (χ0v) is 11.5. The van der Waals surface area contributed by atoms with Gasteiger partial charge in [0, 0.05) is 6.54 Å². The lowest BCUT2D eigenvalue weighted by atomic mass is 9.82. The minimum absolute atomic E-state index is 0.0315. The molecule has 0 aromatic carbocycles. The van der Waals surface area contributed by atoms with E-state index >= 15 is 0 Å². The summed E-state index contributed by atoms with van der Waals surface area (Å²) in [7, 11) is 0. The Morgan fingerprint density at radius 2 is 2.24 bits per heavy atom. The van der Waals surface area contributed by atoms with Crippen LogP contribution in [0.5, 0.6) is 0 Å². The molecule has 0 bridgehead atoms. The lowest BCUT2D eigenvalue weighted by Crippen LogP contribution is -2.32. The van der Waals surface area contributed by atoms with Crippen LogP contribution in [0.4, 0.5) is 0 Å². The summed E-state index contributed by atoms with van der Waals surface area (Å²) in [6, 6.07) is 0. The van der Waals surface area contributed by atoms with E-state index < -0.39 is 0 Å². The van der Waals surface area contributed by atoms with E-state index in [-0.39, 0.29) is 11.9 Å². The molecule has 0 amide bonds. The molecular weight excluding hydrogens is 214 g/mol. The van der Waals surface area contributed by atoms with Crippen molar-refractivity contribution in [1.29, 1.82) is 0 Å². The lowest BCUT2D eigenvalue weighted by molar-refractivity contribution is -0.147. The first-order valence-corrected chi connectivity index (χ1v) is 7.00. The molecular formula is C14H27NO2. The first kappa shape index (κ1) is 14.5. The Hall–Kier alpha value is -0.570. The first-order chi connectivity index (χ1) is 8.13. The number of hydrogen-bond acceptors (Lipinski definition) is 3. The fourth-order valence-electron chi connectivity index (χ4n) is 2.62. The van der Waals surface area contributed by atoms with E-state index in [0.717, 1.165) is 24.9 Å². The fraction of sp³-hybridized carbons (Fsp3) is 0.929. The summed E-state index contributed by atoms with van der Waals surface area (Å²) in [5.74, 6) is 1.55. The maximum absolute atomic E-state index is 11.4. The maximum Gasteiger partial charge on any atom is 0.309 e. The largest absolute Gasteiger partial charge is 0.466 e. The number of carbonyl (C=O) groups is 1. The third-order valence-corrected chi connectivity index (χ3v) is 3.62. The van der Waals surface area contributed by atoms with E-state index in [1.807, 2.05) is 13.8 Å². The Labute approximate surface area is 105 Å². The van der Waals surface area contributed by atoms with Gasteiger partial charge in [-0.3, -0.25) is 4.79 Å². The van der Waals surface area contributed by atoms with Gasteiger partial charge in [-0.05, 0) is 38.1 Å². The van der Waals surface area contributed by atoms with Crippen molar-refractivity contribution < 1.29 is 9.53 Å². The SMILES string of the molecule is CCOC(=O)C(C)CNCC1CCCC(C)C1. The van der Waals surface area contributed by atoms with Crippen LogP contribution in [-0.2, 0) is 9.53 Å². The minimum atomic E-state index is -0.0861. The standard InChI is InChI=1S/C14H27NO2/c1-4-17-14(16)12(3)9-15-10-13-7-5-6-11(2)8-13/h11-13,15H,4-10H2,1-3H3. The average molecular weight is 241 g/mol. The summed E-state index contributed by atoms with van der Waals surface area (Å²) >= 11 is 0. The number of carbonyl (C=O) groups excluding carboxylic acids is 1. The molecule has 0 aromatic heterocycles. The van der Waals surface area contributed by atoms with Crippen LogP contribution in [0.25, 0.3) is 0 Å². The molecule has 100 valence electrons. The predicted octanol–water partition coefficient (Wildman–Crippen LogP) is 2.60. The van der Waals surface area contributed by atoms with Gasteiger partial charge in [-0.25, -0.2) is 0 Å². The van der Waals surface area contributed by atoms with Gasteiger partial charge in [0.25, 0.3) is 0 Å². The molecule has 1 rings (SSSR count). The Morgan fingerprint density at radius 3 is 2.88 bits per heavy atom. The van der Waals surface area contributed by atoms with Crippen molar-refractivity contribution in [2.24, 2.45) is 17.8 Å². The van der Waals surface area contributed by atoms with Gasteiger partial charge in [0.2, 0.25) is 0 Å². The molecule has 1 N–H and O–H groups in total. The molecule has 17 heavy (non-hydrogen) atoms. The minimum Gasteiger partial charge on any atom is -0.466 e. The van der Waals surface area contributed by atoms with Crippen LogP contribution in [0.15, 0.2) is 0 Å². The van der Waals surface area contributed by atoms with E-state index in [1.165, 1.54) is 25.7 Å². The third kappa shape index (κ3) is 5.53. The van der Waals surface area contributed by atoms with Crippen LogP contribution < -0.4 is 5.32 Å². The van der Waals surface area contributed by atoms with Crippen molar-refractivity contribution in [3.63, 3.8) is 0 Å². The highest BCUT2D eigenvalue weighted by Crippen LogP contribution is 2.27. The maximum atomic E-state index is 11.4. The summed E-state index contributed by atoms with van der Waals surface area (Å²) in [5, 5.41) is 3.41. The second kappa shape index (κ2) is 7.70. The van der Waals surface area contributed by atoms with Crippen molar-refractivity contribution in [3.05, 3.63) is 0 Å². The highest BCUT2D eigenvalue weighted by Gasteiger charge is 2.19. The molecule has 0 heterocycles. The molecule has 1 saturated carbocycles. The van der Waals surface area contributed by atoms with Gasteiger partial charge in [-0.2, -0.15) is 0 Å². The van der Waals surface area contributed by atoms with E-state index in [2.05, 4.69) is 12.2 Å². The molecule has 3 unspecified atom stereocenters. The Balaban J connectivity index is 2.12. The number of esters is 1. The molecule has 0 radical (unpaired) electrons. The molecule has 0 spiro atoms. The van der Waals surface area contributed by atoms with Gasteiger partial charge in [-0.1, -0.05) is 26.7 Å². The van der Waals surface area contributed by atoms with Gasteiger partial charge >= 0.3 is 5.97 Å². The van der Waals surface area contributed by atoms with Gasteiger partial charge in [0.1, 0.15) is 0 Å². The molecule has 3 atom stereocenters. The quantitative estimate of drug-likeness (QED) is 0.726. The average Bonchev–Trinajstić information content (AvgIpc) is 2.29. The summed E-state index contributed by atoms with van der Waals surface area (Å²) in [5.41, 5.74) is 0. The molecule has 0 saturated heterocycles. The molecule has 1 fully saturated rings. The van der Waals surface area contributed by atoms with Crippen molar-refractivity contribution in [2.45, 2.75) is 46.5 Å². The van der Waals surface area contributed by atoms with Crippen molar-refractivity contribution in [2.75, 3.05) is 19.7 Å². The first-order valence-electron chi connectivity index (χ1n) is 7.00. The van der Waals surface area contributed by atoms with Crippen LogP contribution in [0, 0.1) is 17.8 Å². The Morgan fingerprint density at radius 1 is 1.47 bits per heavy atom. The second-order valence-corrected chi connectivity index (χ2v) is 5.45. The fourth-order valence-corrected chi connectivity index (χ4v) is 2.62. The number of nitrogens with one attached hydrogen (secondary N) is 1. The van der Waals surface area contributed by atoms with Crippen LogP contribution in [-0.4, -0.2) is 25.7 Å². The zero-order chi connectivity index (χ0) is 12.7. The molecule has 1 aliphatic rings. The lowest BCUT2D eigenvalue weighted by Gasteiger charge is -2.27. The van der Waals surface area contributed by atoms with Crippen LogP contribution >= 0.6 is 0 Å². The van der Waals surface area contributed by atoms with Crippen molar-refractivity contribution in [1.82, 2.24) is 5.32 Å². The monoisotopic (exact) mass is 241 g/mol. The highest BCUT2D eigenvalue weighted by atomic mass is 16.5. The smallest absolute Gasteiger partial charge is 0.309 e. The van der Waals surface area contributed by atoms with Crippen LogP contribution in [0.2, 0.25) is 0 Å². The molecule has 1 aliphatic carbocycles. The summed E-state index contributed by atoms with van der Waals surface area (Å²) < 4.78 is 4.98. The van der Waals surface area contributed by atoms with Gasteiger partial charge in [0.15, 0.2) is 0 Å². The molecule has 0 aliphatic heterocycles. The molecule has 0 aromatic rings. The zero-order valence-electron chi connectivity index (χ0n) is 11.5. The van der Waals surface area contributed by atoms with Gasteiger partial charge < -0.3 is 10.1 Å². The third-order valence-electron chi connectivity index (χ3n) is 3.62. The highest BCUT2D eigenvalue weighted by molar-refractivity contribution is 5.72. The Bertz CT molecular complexity index is 230. The van der Waals surface area contributed by atoms with Gasteiger partial charge in [0.05, 0.1) is 12.5 Å². The van der Waals surface area contributed by atoms with E-state index in [0.29, 0.717) is 6.61 Å². The number of hydrogen-bond donors (Lipinski definition) is 1. The van der Waals surface area contributed by atoms with Crippen molar-refractivity contribution in [3.8, 4) is 0 Å². The Kier molecular flexibility index (Phi) is 6.56. The van der Waals surface area contributed by atoms with Gasteiger partial charge in [-0.15, -0.1) is 0 Å². The number of rotatable bonds is 6. The molecule has 3 heteroatoms. The van der Waals surface area contributed by atoms with Crippen LogP contribution in [0.1, 0.15) is 46.5 Å². The van der Waals surface area contributed by atoms with Crippen molar-refractivity contribution >= 4 is 5.97 Å². The predicted molar refractivity (Wildman–Crippen MR) is 69.8 cm³/mol. The van der Waals surface area contributed by atoms with E-state index in [9.17, 15) is 4.79 Å². The summed E-state index contributed by atoms with van der Waals surface area (Å²) in [4.78, 5) is 11.4. The van der Waals surface area contributed by atoms with E-state index in [1.54, 1.807) is 0 Å². The summed E-state index contributed by atoms with van der Waals surface area (Å²) in [6.45, 7) is 8.38. The summed E-state index contributed by atoms with van der Waals surface area (Å²) in [6.07, 6.45) is 5.42. The van der Waals surface area contributed by atoms with E-state index in [4.69, 9.17) is 4.74 Å². The topological polar surface area (TPSA) is 38.3 Å². The normalized spacial score (nSPS) is 26.5.